The van der Waals surface area contributed by atoms with E-state index in [2.05, 4.69) is 23.7 Å². The number of hydrogen-bond acceptors (Lipinski definition) is 2. The molecule has 1 atom stereocenters. The lowest BCUT2D eigenvalue weighted by molar-refractivity contribution is 0.659. The Hall–Kier alpha value is -0.570. The van der Waals surface area contributed by atoms with E-state index in [1.165, 1.54) is 15.6 Å². The van der Waals surface area contributed by atoms with Gasteiger partial charge < -0.3 is 5.32 Å². The molecule has 14 heavy (non-hydrogen) atoms. The molecular weight excluding hydrogens is 214 g/mol. The molecule has 0 aliphatic carbocycles. The van der Waals surface area contributed by atoms with Gasteiger partial charge in [0, 0.05) is 21.2 Å². The number of benzene rings is 1. The minimum atomic E-state index is 0.351. The van der Waals surface area contributed by atoms with Crippen LogP contribution in [-0.2, 0) is 0 Å². The third-order valence-corrected chi connectivity index (χ3v) is 3.76. The van der Waals surface area contributed by atoms with Crippen LogP contribution in [0.3, 0.4) is 0 Å². The lowest BCUT2D eigenvalue weighted by atomic mass is 10.1. The second kappa shape index (κ2) is 3.89. The summed E-state index contributed by atoms with van der Waals surface area (Å²) in [5.41, 5.74) is 1.29. The summed E-state index contributed by atoms with van der Waals surface area (Å²) in [6.07, 6.45) is 0. The van der Waals surface area contributed by atoms with Gasteiger partial charge in [0.05, 0.1) is 0 Å². The molecule has 0 spiro atoms. The Morgan fingerprint density at radius 3 is 2.93 bits per heavy atom. The average molecular weight is 226 g/mol. The van der Waals surface area contributed by atoms with Crippen molar-refractivity contribution >= 4 is 33.0 Å². The van der Waals surface area contributed by atoms with Gasteiger partial charge in [-0.1, -0.05) is 17.7 Å². The summed E-state index contributed by atoms with van der Waals surface area (Å²) in [6.45, 7) is 2.14. The highest BCUT2D eigenvalue weighted by Crippen LogP contribution is 2.34. The molecule has 0 bridgehead atoms. The summed E-state index contributed by atoms with van der Waals surface area (Å²) in [5, 5.41) is 7.46. The number of hydrogen-bond donors (Lipinski definition) is 1. The van der Waals surface area contributed by atoms with Crippen molar-refractivity contribution in [2.75, 3.05) is 7.05 Å². The molecule has 1 aromatic heterocycles. The van der Waals surface area contributed by atoms with Gasteiger partial charge in [0.25, 0.3) is 0 Å². The van der Waals surface area contributed by atoms with Crippen LogP contribution in [0.15, 0.2) is 23.6 Å². The van der Waals surface area contributed by atoms with Gasteiger partial charge >= 0.3 is 0 Å². The quantitative estimate of drug-likeness (QED) is 0.819. The number of rotatable bonds is 2. The van der Waals surface area contributed by atoms with Crippen molar-refractivity contribution in [3.63, 3.8) is 0 Å². The van der Waals surface area contributed by atoms with Crippen molar-refractivity contribution in [3.8, 4) is 0 Å². The molecule has 0 amide bonds. The van der Waals surface area contributed by atoms with Crippen LogP contribution in [-0.4, -0.2) is 7.05 Å². The first-order chi connectivity index (χ1) is 6.74. The van der Waals surface area contributed by atoms with Crippen LogP contribution < -0.4 is 5.32 Å². The molecule has 0 saturated heterocycles. The Kier molecular flexibility index (Phi) is 2.77. The first kappa shape index (κ1) is 9.97. The van der Waals surface area contributed by atoms with Crippen LogP contribution >= 0.6 is 22.9 Å². The van der Waals surface area contributed by atoms with Crippen LogP contribution in [0.5, 0.6) is 0 Å². The average Bonchev–Trinajstić information content (AvgIpc) is 2.62. The van der Waals surface area contributed by atoms with Crippen molar-refractivity contribution in [1.29, 1.82) is 0 Å². The van der Waals surface area contributed by atoms with Gasteiger partial charge in [-0.25, -0.2) is 0 Å². The number of nitrogens with one attached hydrogen (secondary N) is 1. The molecule has 0 fully saturated rings. The van der Waals surface area contributed by atoms with E-state index in [0.717, 1.165) is 5.02 Å². The number of thiophene rings is 1. The largest absolute Gasteiger partial charge is 0.313 e. The molecule has 1 aromatic carbocycles. The molecule has 0 aliphatic rings. The smallest absolute Gasteiger partial charge is 0.0496 e. The van der Waals surface area contributed by atoms with Crippen LogP contribution in [0.25, 0.3) is 10.1 Å². The predicted molar refractivity (Wildman–Crippen MR) is 64.3 cm³/mol. The third-order valence-electron chi connectivity index (χ3n) is 2.48. The summed E-state index contributed by atoms with van der Waals surface area (Å²) < 4.78 is 1.26. The Morgan fingerprint density at radius 2 is 2.21 bits per heavy atom. The topological polar surface area (TPSA) is 12.0 Å². The SMILES string of the molecule is CNC(C)c1csc2cccc(Cl)c12. The van der Waals surface area contributed by atoms with E-state index < -0.39 is 0 Å². The summed E-state index contributed by atoms with van der Waals surface area (Å²) >= 11 is 7.93. The monoisotopic (exact) mass is 225 g/mol. The first-order valence-corrected chi connectivity index (χ1v) is 5.82. The molecule has 1 N–H and O–H groups in total. The van der Waals surface area contributed by atoms with Crippen molar-refractivity contribution in [3.05, 3.63) is 34.2 Å². The second-order valence-electron chi connectivity index (χ2n) is 3.31. The zero-order valence-corrected chi connectivity index (χ0v) is 9.75. The zero-order chi connectivity index (χ0) is 10.1. The van der Waals surface area contributed by atoms with E-state index in [1.54, 1.807) is 11.3 Å². The predicted octanol–water partition coefficient (Wildman–Crippen LogP) is 3.84. The molecule has 1 unspecified atom stereocenters. The standard InChI is InChI=1S/C11H12ClNS/c1-7(13-2)8-6-14-10-5-3-4-9(12)11(8)10/h3-7,13H,1-2H3. The highest BCUT2D eigenvalue weighted by molar-refractivity contribution is 7.17. The Bertz CT molecular complexity index is 449. The Labute approximate surface area is 92.7 Å². The maximum atomic E-state index is 6.18. The van der Waals surface area contributed by atoms with Crippen molar-refractivity contribution in [2.45, 2.75) is 13.0 Å². The fourth-order valence-corrected chi connectivity index (χ4v) is 2.96. The normalized spacial score (nSPS) is 13.4. The van der Waals surface area contributed by atoms with Crippen molar-refractivity contribution in [1.82, 2.24) is 5.32 Å². The van der Waals surface area contributed by atoms with E-state index in [-0.39, 0.29) is 0 Å². The van der Waals surface area contributed by atoms with E-state index in [9.17, 15) is 0 Å². The Morgan fingerprint density at radius 1 is 1.43 bits per heavy atom. The summed E-state index contributed by atoms with van der Waals surface area (Å²) in [5.74, 6) is 0. The van der Waals surface area contributed by atoms with Crippen molar-refractivity contribution < 1.29 is 0 Å². The molecule has 1 nitrogen and oxygen atoms in total. The lowest BCUT2D eigenvalue weighted by Gasteiger charge is -2.09. The molecule has 0 aliphatic heterocycles. The fraction of sp³-hybridized carbons (Fsp3) is 0.273. The van der Waals surface area contributed by atoms with Crippen LogP contribution in [0.1, 0.15) is 18.5 Å². The maximum Gasteiger partial charge on any atom is 0.0496 e. The van der Waals surface area contributed by atoms with Crippen molar-refractivity contribution in [2.24, 2.45) is 0 Å². The number of fused-ring (bicyclic) bond motifs is 1. The molecule has 1 heterocycles. The molecule has 0 saturated carbocycles. The van der Waals surface area contributed by atoms with Gasteiger partial charge in [-0.2, -0.15) is 0 Å². The zero-order valence-electron chi connectivity index (χ0n) is 8.17. The maximum absolute atomic E-state index is 6.18. The Balaban J connectivity index is 2.67. The second-order valence-corrected chi connectivity index (χ2v) is 4.63. The molecule has 2 aromatic rings. The van der Waals surface area contributed by atoms with Gasteiger partial charge in [-0.15, -0.1) is 11.3 Å². The summed E-state index contributed by atoms with van der Waals surface area (Å²) in [6, 6.07) is 6.40. The molecule has 3 heteroatoms. The van der Waals surface area contributed by atoms with Gasteiger partial charge in [-0.3, -0.25) is 0 Å². The van der Waals surface area contributed by atoms with E-state index >= 15 is 0 Å². The van der Waals surface area contributed by atoms with Gasteiger partial charge in [-0.05, 0) is 37.0 Å². The molecule has 74 valence electrons. The summed E-state index contributed by atoms with van der Waals surface area (Å²) in [7, 11) is 1.96. The summed E-state index contributed by atoms with van der Waals surface area (Å²) in [4.78, 5) is 0. The van der Waals surface area contributed by atoms with Gasteiger partial charge in [0.2, 0.25) is 0 Å². The molecule has 0 radical (unpaired) electrons. The van der Waals surface area contributed by atoms with E-state index in [0.29, 0.717) is 6.04 Å². The highest BCUT2D eigenvalue weighted by Gasteiger charge is 2.11. The van der Waals surface area contributed by atoms with Crippen LogP contribution in [0.4, 0.5) is 0 Å². The van der Waals surface area contributed by atoms with E-state index in [1.807, 2.05) is 19.2 Å². The van der Waals surface area contributed by atoms with Gasteiger partial charge in [0.1, 0.15) is 0 Å². The lowest BCUT2D eigenvalue weighted by Crippen LogP contribution is -2.11. The molecule has 2 rings (SSSR count). The minimum absolute atomic E-state index is 0.351. The molecular formula is C11H12ClNS. The number of halogens is 1. The fourth-order valence-electron chi connectivity index (χ4n) is 1.54. The first-order valence-electron chi connectivity index (χ1n) is 4.57. The minimum Gasteiger partial charge on any atom is -0.313 e. The third kappa shape index (κ3) is 1.54. The van der Waals surface area contributed by atoms with Gasteiger partial charge in [0.15, 0.2) is 0 Å². The highest BCUT2D eigenvalue weighted by atomic mass is 35.5. The van der Waals surface area contributed by atoms with Crippen LogP contribution in [0, 0.1) is 0 Å². The van der Waals surface area contributed by atoms with E-state index in [4.69, 9.17) is 11.6 Å². The van der Waals surface area contributed by atoms with Crippen LogP contribution in [0.2, 0.25) is 5.02 Å².